The van der Waals surface area contributed by atoms with Gasteiger partial charge < -0.3 is 5.73 Å². The molecule has 1 aromatic heterocycles. The van der Waals surface area contributed by atoms with Crippen molar-refractivity contribution in [3.8, 4) is 0 Å². The van der Waals surface area contributed by atoms with Crippen LogP contribution in [0, 0.1) is 12.3 Å². The minimum Gasteiger partial charge on any atom is -0.384 e. The van der Waals surface area contributed by atoms with Crippen molar-refractivity contribution in [3.05, 3.63) is 53.3 Å². The molecule has 0 aliphatic heterocycles. The fraction of sp³-hybridized carbons (Fsp3) is 0.154. The van der Waals surface area contributed by atoms with Gasteiger partial charge in [0.2, 0.25) is 0 Å². The third-order valence-corrected chi connectivity index (χ3v) is 3.31. The van der Waals surface area contributed by atoms with E-state index in [1.165, 1.54) is 0 Å². The Hall–Kier alpha value is -1.88. The predicted octanol–water partition coefficient (Wildman–Crippen LogP) is 2.36. The van der Waals surface area contributed by atoms with Crippen LogP contribution in [0.15, 0.2) is 41.8 Å². The van der Waals surface area contributed by atoms with E-state index in [1.54, 1.807) is 24.2 Å². The van der Waals surface area contributed by atoms with Gasteiger partial charge in [-0.2, -0.15) is 0 Å². The van der Waals surface area contributed by atoms with Gasteiger partial charge in [0, 0.05) is 23.7 Å². The van der Waals surface area contributed by atoms with Gasteiger partial charge in [0.15, 0.2) is 5.16 Å². The number of hydrogen-bond donors (Lipinski definition) is 2. The summed E-state index contributed by atoms with van der Waals surface area (Å²) in [6.45, 7) is 1.96. The predicted molar refractivity (Wildman–Crippen MR) is 73.8 cm³/mol. The number of nitrogen functional groups attached to an aromatic ring is 1. The third-order valence-electron chi connectivity index (χ3n) is 2.36. The maximum atomic E-state index is 7.40. The molecule has 0 unspecified atom stereocenters. The largest absolute Gasteiger partial charge is 0.384 e. The summed E-state index contributed by atoms with van der Waals surface area (Å²) in [5.74, 6) is 0.859. The van der Waals surface area contributed by atoms with Crippen molar-refractivity contribution in [1.82, 2.24) is 9.97 Å². The second-order valence-electron chi connectivity index (χ2n) is 3.95. The Morgan fingerprint density at radius 2 is 2.06 bits per heavy atom. The van der Waals surface area contributed by atoms with E-state index in [4.69, 9.17) is 11.1 Å². The van der Waals surface area contributed by atoms with Crippen molar-refractivity contribution >= 4 is 17.6 Å². The minimum atomic E-state index is 0.0911. The van der Waals surface area contributed by atoms with Crippen LogP contribution in [0.1, 0.15) is 16.7 Å². The SMILES string of the molecule is Cc1cnc(SCc2cccc(C(=N)N)c2)nc1. The number of aryl methyl sites for hydroxylation is 1. The Morgan fingerprint density at radius 1 is 1.33 bits per heavy atom. The molecule has 1 heterocycles. The molecule has 0 saturated carbocycles. The Labute approximate surface area is 110 Å². The first-order valence-corrected chi connectivity index (χ1v) is 6.48. The van der Waals surface area contributed by atoms with Crippen molar-refractivity contribution in [3.63, 3.8) is 0 Å². The zero-order valence-corrected chi connectivity index (χ0v) is 10.9. The van der Waals surface area contributed by atoms with E-state index in [0.717, 1.165) is 27.6 Å². The lowest BCUT2D eigenvalue weighted by Gasteiger charge is -2.03. The number of nitrogens with two attached hydrogens (primary N) is 1. The molecule has 2 rings (SSSR count). The molecule has 0 spiro atoms. The molecule has 92 valence electrons. The van der Waals surface area contributed by atoms with E-state index in [9.17, 15) is 0 Å². The smallest absolute Gasteiger partial charge is 0.187 e. The van der Waals surface area contributed by atoms with Crippen LogP contribution in [-0.2, 0) is 5.75 Å². The van der Waals surface area contributed by atoms with Crippen LogP contribution in [0.25, 0.3) is 0 Å². The number of hydrogen-bond acceptors (Lipinski definition) is 4. The molecule has 0 fully saturated rings. The topological polar surface area (TPSA) is 75.7 Å². The molecule has 2 aromatic rings. The summed E-state index contributed by atoms with van der Waals surface area (Å²) in [6, 6.07) is 7.67. The van der Waals surface area contributed by atoms with Crippen LogP contribution in [-0.4, -0.2) is 15.8 Å². The Bertz CT molecular complexity index is 551. The van der Waals surface area contributed by atoms with Crippen LogP contribution < -0.4 is 5.73 Å². The van der Waals surface area contributed by atoms with Gasteiger partial charge in [-0.1, -0.05) is 30.0 Å². The van der Waals surface area contributed by atoms with E-state index in [1.807, 2.05) is 31.2 Å². The zero-order chi connectivity index (χ0) is 13.0. The van der Waals surface area contributed by atoms with E-state index in [2.05, 4.69) is 9.97 Å². The van der Waals surface area contributed by atoms with Gasteiger partial charge >= 0.3 is 0 Å². The van der Waals surface area contributed by atoms with Crippen LogP contribution in [0.5, 0.6) is 0 Å². The molecular formula is C13H14N4S. The van der Waals surface area contributed by atoms with Crippen LogP contribution in [0.4, 0.5) is 0 Å². The average molecular weight is 258 g/mol. The number of rotatable bonds is 4. The highest BCUT2D eigenvalue weighted by Crippen LogP contribution is 2.19. The normalized spacial score (nSPS) is 10.3. The lowest BCUT2D eigenvalue weighted by atomic mass is 10.1. The maximum absolute atomic E-state index is 7.40. The van der Waals surface area contributed by atoms with Gasteiger partial charge in [0.05, 0.1) is 0 Å². The molecule has 0 radical (unpaired) electrons. The van der Waals surface area contributed by atoms with Crippen molar-refractivity contribution in [2.75, 3.05) is 0 Å². The second kappa shape index (κ2) is 5.64. The number of benzene rings is 1. The van der Waals surface area contributed by atoms with Gasteiger partial charge in [-0.3, -0.25) is 5.41 Å². The molecule has 0 saturated heterocycles. The van der Waals surface area contributed by atoms with Crippen molar-refractivity contribution < 1.29 is 0 Å². The quantitative estimate of drug-likeness (QED) is 0.382. The zero-order valence-electron chi connectivity index (χ0n) is 10.1. The number of thioether (sulfide) groups is 1. The maximum Gasteiger partial charge on any atom is 0.187 e. The molecule has 18 heavy (non-hydrogen) atoms. The lowest BCUT2D eigenvalue weighted by molar-refractivity contribution is 0.949. The second-order valence-corrected chi connectivity index (χ2v) is 4.89. The van der Waals surface area contributed by atoms with Gasteiger partial charge in [-0.25, -0.2) is 9.97 Å². The highest BCUT2D eigenvalue weighted by Gasteiger charge is 2.01. The average Bonchev–Trinajstić information content (AvgIpc) is 2.38. The minimum absolute atomic E-state index is 0.0911. The van der Waals surface area contributed by atoms with Crippen LogP contribution in [0.2, 0.25) is 0 Å². The Kier molecular flexibility index (Phi) is 3.94. The highest BCUT2D eigenvalue weighted by molar-refractivity contribution is 7.98. The summed E-state index contributed by atoms with van der Waals surface area (Å²) >= 11 is 1.57. The molecule has 0 amide bonds. The fourth-order valence-corrected chi connectivity index (χ4v) is 2.16. The van der Waals surface area contributed by atoms with Crippen molar-refractivity contribution in [2.24, 2.45) is 5.73 Å². The molecule has 0 atom stereocenters. The molecule has 0 bridgehead atoms. The van der Waals surface area contributed by atoms with Crippen molar-refractivity contribution in [2.45, 2.75) is 17.8 Å². The highest BCUT2D eigenvalue weighted by atomic mass is 32.2. The first-order valence-electron chi connectivity index (χ1n) is 5.50. The summed E-state index contributed by atoms with van der Waals surface area (Å²) in [6.07, 6.45) is 3.61. The molecule has 1 aromatic carbocycles. The standard InChI is InChI=1S/C13H14N4S/c1-9-6-16-13(17-7-9)18-8-10-3-2-4-11(5-10)12(14)15/h2-7H,8H2,1H3,(H3,14,15). The van der Waals surface area contributed by atoms with Crippen molar-refractivity contribution in [1.29, 1.82) is 5.41 Å². The van der Waals surface area contributed by atoms with Gasteiger partial charge in [0.1, 0.15) is 5.84 Å². The fourth-order valence-electron chi connectivity index (χ4n) is 1.43. The Morgan fingerprint density at radius 3 is 2.72 bits per heavy atom. The number of nitrogens with one attached hydrogen (secondary N) is 1. The summed E-state index contributed by atoms with van der Waals surface area (Å²) in [7, 11) is 0. The van der Waals surface area contributed by atoms with E-state index >= 15 is 0 Å². The van der Waals surface area contributed by atoms with Crippen LogP contribution in [0.3, 0.4) is 0 Å². The van der Waals surface area contributed by atoms with Gasteiger partial charge in [-0.15, -0.1) is 0 Å². The summed E-state index contributed by atoms with van der Waals surface area (Å²) in [4.78, 5) is 8.47. The van der Waals surface area contributed by atoms with Crippen LogP contribution >= 0.6 is 11.8 Å². The summed E-state index contributed by atoms with van der Waals surface area (Å²) < 4.78 is 0. The molecule has 0 aliphatic carbocycles. The first-order chi connectivity index (χ1) is 8.65. The number of aromatic nitrogens is 2. The molecular weight excluding hydrogens is 244 g/mol. The molecule has 4 nitrogen and oxygen atoms in total. The molecule has 3 N–H and O–H groups in total. The Balaban J connectivity index is 2.04. The number of amidine groups is 1. The van der Waals surface area contributed by atoms with E-state index in [0.29, 0.717) is 0 Å². The van der Waals surface area contributed by atoms with E-state index in [-0.39, 0.29) is 5.84 Å². The number of nitrogens with zero attached hydrogens (tertiary/aromatic N) is 2. The van der Waals surface area contributed by atoms with Gasteiger partial charge in [-0.05, 0) is 24.1 Å². The monoisotopic (exact) mass is 258 g/mol. The van der Waals surface area contributed by atoms with Gasteiger partial charge in [0.25, 0.3) is 0 Å². The summed E-state index contributed by atoms with van der Waals surface area (Å²) in [5.41, 5.74) is 8.37. The first kappa shape index (κ1) is 12.6. The van der Waals surface area contributed by atoms with E-state index < -0.39 is 0 Å². The lowest BCUT2D eigenvalue weighted by Crippen LogP contribution is -2.10. The third kappa shape index (κ3) is 3.30. The molecule has 5 heteroatoms. The summed E-state index contributed by atoms with van der Waals surface area (Å²) in [5, 5.41) is 8.16. The molecule has 0 aliphatic rings.